The van der Waals surface area contributed by atoms with Gasteiger partial charge in [0, 0.05) is 12.1 Å². The predicted octanol–water partition coefficient (Wildman–Crippen LogP) is 1.50. The van der Waals surface area contributed by atoms with Gasteiger partial charge in [0.2, 0.25) is 0 Å². The number of amides is 1. The second-order valence-electron chi connectivity index (χ2n) is 4.84. The molecular weight excluding hydrogens is 310 g/mol. The molecule has 116 valence electrons. The Morgan fingerprint density at radius 3 is 2.77 bits per heavy atom. The smallest absolute Gasteiger partial charge is 0.265 e. The van der Waals surface area contributed by atoms with Crippen molar-refractivity contribution in [3.05, 3.63) is 30.0 Å². The Kier molecular flexibility index (Phi) is 3.28. The summed E-state index contributed by atoms with van der Waals surface area (Å²) in [6, 6.07) is 5.66. The summed E-state index contributed by atoms with van der Waals surface area (Å²) in [5.74, 6) is 0.603. The highest BCUT2D eigenvalue weighted by Gasteiger charge is 2.26. The quantitative estimate of drug-likeness (QED) is 0.885. The molecule has 8 nitrogen and oxygen atoms in total. The Morgan fingerprint density at radius 1 is 1.32 bits per heavy atom. The lowest BCUT2D eigenvalue weighted by Crippen LogP contribution is -2.34. The number of carbonyl (C=O) groups is 1. The van der Waals surface area contributed by atoms with Crippen LogP contribution in [0.4, 0.5) is 11.5 Å². The average Bonchev–Trinajstić information content (AvgIpc) is 2.84. The minimum Gasteiger partial charge on any atom is -0.479 e. The third kappa shape index (κ3) is 2.62. The standard InChI is InChI=1S/C13H13N3O5S/c1-7-5-12(15-21-7)16-22(18,19)9-3-4-10-11(6-9)20-8(2)13(17)14-10/h3-6,8H,1-2H3,(H,14,17)(H,15,16). The highest BCUT2D eigenvalue weighted by atomic mass is 32.2. The summed E-state index contributed by atoms with van der Waals surface area (Å²) in [7, 11) is -3.83. The van der Waals surface area contributed by atoms with Gasteiger partial charge in [-0.1, -0.05) is 5.16 Å². The van der Waals surface area contributed by atoms with E-state index < -0.39 is 16.1 Å². The molecule has 22 heavy (non-hydrogen) atoms. The van der Waals surface area contributed by atoms with Gasteiger partial charge in [-0.05, 0) is 26.0 Å². The zero-order valence-corrected chi connectivity index (χ0v) is 12.6. The maximum Gasteiger partial charge on any atom is 0.265 e. The first-order chi connectivity index (χ1) is 10.3. The molecule has 0 spiro atoms. The number of nitrogens with one attached hydrogen (secondary N) is 2. The maximum absolute atomic E-state index is 12.3. The molecule has 0 aliphatic carbocycles. The Labute approximate surface area is 126 Å². The average molecular weight is 323 g/mol. The van der Waals surface area contributed by atoms with Crippen LogP contribution in [0.15, 0.2) is 33.7 Å². The summed E-state index contributed by atoms with van der Waals surface area (Å²) in [6.45, 7) is 3.23. The molecule has 3 rings (SSSR count). The third-order valence-electron chi connectivity index (χ3n) is 3.06. The van der Waals surface area contributed by atoms with Crippen molar-refractivity contribution in [1.82, 2.24) is 5.16 Å². The topological polar surface area (TPSA) is 111 Å². The summed E-state index contributed by atoms with van der Waals surface area (Å²) in [4.78, 5) is 11.5. The molecule has 0 fully saturated rings. The van der Waals surface area contributed by atoms with E-state index in [0.29, 0.717) is 17.2 Å². The highest BCUT2D eigenvalue weighted by Crippen LogP contribution is 2.32. The van der Waals surface area contributed by atoms with Crippen LogP contribution in [0.3, 0.4) is 0 Å². The van der Waals surface area contributed by atoms with Crippen LogP contribution in [0.1, 0.15) is 12.7 Å². The molecule has 1 aromatic carbocycles. The van der Waals surface area contributed by atoms with Crippen molar-refractivity contribution in [3.8, 4) is 5.75 Å². The molecule has 0 bridgehead atoms. The van der Waals surface area contributed by atoms with Gasteiger partial charge in [-0.15, -0.1) is 0 Å². The molecule has 2 aromatic rings. The van der Waals surface area contributed by atoms with Crippen LogP contribution in [0, 0.1) is 6.92 Å². The summed E-state index contributed by atoms with van der Waals surface area (Å²) < 4.78 is 37.1. The number of rotatable bonds is 3. The molecule has 9 heteroatoms. The predicted molar refractivity (Wildman–Crippen MR) is 77.2 cm³/mol. The molecule has 2 N–H and O–H groups in total. The first kappa shape index (κ1) is 14.4. The van der Waals surface area contributed by atoms with Crippen molar-refractivity contribution in [2.75, 3.05) is 10.0 Å². The van der Waals surface area contributed by atoms with Crippen LogP contribution in [0.5, 0.6) is 5.75 Å². The molecule has 0 saturated heterocycles. The zero-order chi connectivity index (χ0) is 15.9. The number of nitrogens with zero attached hydrogens (tertiary/aromatic N) is 1. The van der Waals surface area contributed by atoms with E-state index in [1.165, 1.54) is 24.3 Å². The molecule has 1 aromatic heterocycles. The monoisotopic (exact) mass is 323 g/mol. The Hall–Kier alpha value is -2.55. The van der Waals surface area contributed by atoms with E-state index in [1.807, 2.05) is 0 Å². The molecule has 0 saturated carbocycles. The number of anilines is 2. The van der Waals surface area contributed by atoms with E-state index in [9.17, 15) is 13.2 Å². The van der Waals surface area contributed by atoms with Crippen LogP contribution in [-0.4, -0.2) is 25.6 Å². The number of sulfonamides is 1. The second kappa shape index (κ2) is 5.02. The van der Waals surface area contributed by atoms with E-state index in [0.717, 1.165) is 0 Å². The molecule has 0 radical (unpaired) electrons. The number of carbonyl (C=O) groups excluding carboxylic acids is 1. The first-order valence-electron chi connectivity index (χ1n) is 6.43. The lowest BCUT2D eigenvalue weighted by atomic mass is 10.2. The Morgan fingerprint density at radius 2 is 2.09 bits per heavy atom. The van der Waals surface area contributed by atoms with Crippen LogP contribution in [-0.2, 0) is 14.8 Å². The van der Waals surface area contributed by atoms with E-state index in [2.05, 4.69) is 15.2 Å². The molecule has 1 unspecified atom stereocenters. The van der Waals surface area contributed by atoms with Crippen LogP contribution in [0.25, 0.3) is 0 Å². The molecule has 1 amide bonds. The van der Waals surface area contributed by atoms with Gasteiger partial charge >= 0.3 is 0 Å². The first-order valence-corrected chi connectivity index (χ1v) is 7.91. The number of benzene rings is 1. The van der Waals surface area contributed by atoms with Gasteiger partial charge in [0.1, 0.15) is 11.5 Å². The van der Waals surface area contributed by atoms with Crippen molar-refractivity contribution in [2.45, 2.75) is 24.8 Å². The van der Waals surface area contributed by atoms with Crippen LogP contribution in [0.2, 0.25) is 0 Å². The number of hydrogen-bond donors (Lipinski definition) is 2. The number of hydrogen-bond acceptors (Lipinski definition) is 6. The van der Waals surface area contributed by atoms with Crippen molar-refractivity contribution >= 4 is 27.4 Å². The maximum atomic E-state index is 12.3. The van der Waals surface area contributed by atoms with Gasteiger partial charge in [-0.2, -0.15) is 0 Å². The fraction of sp³-hybridized carbons (Fsp3) is 0.231. The summed E-state index contributed by atoms with van der Waals surface area (Å²) in [6.07, 6.45) is -0.684. The zero-order valence-electron chi connectivity index (χ0n) is 11.8. The molecule has 1 aliphatic rings. The molecule has 2 heterocycles. The van der Waals surface area contributed by atoms with Gasteiger partial charge in [0.05, 0.1) is 10.6 Å². The second-order valence-corrected chi connectivity index (χ2v) is 6.52. The van der Waals surface area contributed by atoms with Gasteiger partial charge in [-0.25, -0.2) is 8.42 Å². The molecular formula is C13H13N3O5S. The number of aryl methyl sites for hydroxylation is 1. The summed E-state index contributed by atoms with van der Waals surface area (Å²) >= 11 is 0. The fourth-order valence-corrected chi connectivity index (χ4v) is 2.96. The Balaban J connectivity index is 1.92. The van der Waals surface area contributed by atoms with Crippen LogP contribution < -0.4 is 14.8 Å². The minimum absolute atomic E-state index is 0.00440. The summed E-state index contributed by atoms with van der Waals surface area (Å²) in [5.41, 5.74) is 0.430. The largest absolute Gasteiger partial charge is 0.479 e. The number of aromatic nitrogens is 1. The Bertz CT molecular complexity index is 843. The number of fused-ring (bicyclic) bond motifs is 1. The van der Waals surface area contributed by atoms with Crippen molar-refractivity contribution in [3.63, 3.8) is 0 Å². The van der Waals surface area contributed by atoms with Crippen LogP contribution >= 0.6 is 0 Å². The van der Waals surface area contributed by atoms with Gasteiger partial charge in [0.15, 0.2) is 11.9 Å². The van der Waals surface area contributed by atoms with E-state index in [-0.39, 0.29) is 16.6 Å². The molecule has 1 atom stereocenters. The SMILES string of the molecule is Cc1cc(NS(=O)(=O)c2ccc3c(c2)OC(C)C(=O)N3)no1. The lowest BCUT2D eigenvalue weighted by molar-refractivity contribution is -0.122. The minimum atomic E-state index is -3.83. The fourth-order valence-electron chi connectivity index (χ4n) is 1.96. The van der Waals surface area contributed by atoms with Gasteiger partial charge in [0.25, 0.3) is 15.9 Å². The van der Waals surface area contributed by atoms with Crippen molar-refractivity contribution in [2.24, 2.45) is 0 Å². The molecule has 1 aliphatic heterocycles. The van der Waals surface area contributed by atoms with Crippen molar-refractivity contribution < 1.29 is 22.5 Å². The van der Waals surface area contributed by atoms with Gasteiger partial charge < -0.3 is 14.6 Å². The normalized spacial score (nSPS) is 17.4. The third-order valence-corrected chi connectivity index (χ3v) is 4.41. The summed E-state index contributed by atoms with van der Waals surface area (Å²) in [5, 5.41) is 6.22. The van der Waals surface area contributed by atoms with Crippen molar-refractivity contribution in [1.29, 1.82) is 0 Å². The highest BCUT2D eigenvalue weighted by molar-refractivity contribution is 7.92. The van der Waals surface area contributed by atoms with E-state index in [1.54, 1.807) is 13.8 Å². The van der Waals surface area contributed by atoms with E-state index >= 15 is 0 Å². The van der Waals surface area contributed by atoms with Gasteiger partial charge in [-0.3, -0.25) is 9.52 Å². The van der Waals surface area contributed by atoms with E-state index in [4.69, 9.17) is 9.26 Å². The number of ether oxygens (including phenoxy) is 1. The lowest BCUT2D eigenvalue weighted by Gasteiger charge is -2.23.